The zero-order valence-corrected chi connectivity index (χ0v) is 17.1. The third-order valence-corrected chi connectivity index (χ3v) is 5.74. The van der Waals surface area contributed by atoms with Crippen molar-refractivity contribution >= 4 is 28.5 Å². The van der Waals surface area contributed by atoms with Crippen molar-refractivity contribution in [1.82, 2.24) is 15.8 Å². The van der Waals surface area contributed by atoms with Crippen molar-refractivity contribution in [2.75, 3.05) is 13.1 Å². The molecule has 7 nitrogen and oxygen atoms in total. The van der Waals surface area contributed by atoms with Crippen LogP contribution in [-0.2, 0) is 14.4 Å². The van der Waals surface area contributed by atoms with Crippen molar-refractivity contribution < 1.29 is 19.1 Å². The van der Waals surface area contributed by atoms with E-state index in [4.69, 9.17) is 4.74 Å². The molecule has 1 aliphatic carbocycles. The Morgan fingerprint density at radius 1 is 1.00 bits per heavy atom. The number of hydrogen-bond donors (Lipinski definition) is 2. The van der Waals surface area contributed by atoms with Gasteiger partial charge in [0.15, 0.2) is 6.10 Å². The zero-order chi connectivity index (χ0) is 21.1. The highest BCUT2D eigenvalue weighted by atomic mass is 16.5. The summed E-state index contributed by atoms with van der Waals surface area (Å²) in [4.78, 5) is 38.9. The molecule has 2 aliphatic rings. The van der Waals surface area contributed by atoms with E-state index in [2.05, 4.69) is 10.9 Å². The molecule has 0 bridgehead atoms. The van der Waals surface area contributed by atoms with Gasteiger partial charge in [-0.05, 0) is 55.5 Å². The average Bonchev–Trinajstić information content (AvgIpc) is 3.62. The molecule has 0 radical (unpaired) electrons. The third-order valence-electron chi connectivity index (χ3n) is 5.74. The van der Waals surface area contributed by atoms with E-state index in [1.807, 2.05) is 42.5 Å². The number of benzene rings is 2. The lowest BCUT2D eigenvalue weighted by Crippen LogP contribution is -2.52. The minimum atomic E-state index is -0.772. The molecule has 30 heavy (non-hydrogen) atoms. The highest BCUT2D eigenvalue weighted by Gasteiger charge is 2.36. The van der Waals surface area contributed by atoms with Crippen molar-refractivity contribution in [1.29, 1.82) is 0 Å². The van der Waals surface area contributed by atoms with Crippen LogP contribution in [0.4, 0.5) is 0 Å². The minimum absolute atomic E-state index is 0.152. The lowest BCUT2D eigenvalue weighted by atomic mass is 9.97. The number of nitrogens with zero attached hydrogens (tertiary/aromatic N) is 1. The lowest BCUT2D eigenvalue weighted by molar-refractivity contribution is -0.139. The second-order valence-corrected chi connectivity index (χ2v) is 8.15. The average molecular weight is 409 g/mol. The summed E-state index contributed by atoms with van der Waals surface area (Å²) in [7, 11) is 0. The fourth-order valence-corrected chi connectivity index (χ4v) is 3.81. The molecular formula is C23H27N3O4. The second kappa shape index (κ2) is 8.73. The minimum Gasteiger partial charge on any atom is -0.481 e. The Hall–Kier alpha value is -3.09. The Morgan fingerprint density at radius 3 is 2.53 bits per heavy atom. The van der Waals surface area contributed by atoms with Gasteiger partial charge in [0.25, 0.3) is 5.91 Å². The number of hydrazine groups is 1. The van der Waals surface area contributed by atoms with Gasteiger partial charge in [-0.25, -0.2) is 0 Å². The van der Waals surface area contributed by atoms with E-state index in [1.165, 1.54) is 0 Å². The fraction of sp³-hybridized carbons (Fsp3) is 0.435. The maximum atomic E-state index is 12.5. The largest absolute Gasteiger partial charge is 0.481 e. The zero-order valence-electron chi connectivity index (χ0n) is 17.1. The van der Waals surface area contributed by atoms with Crippen LogP contribution < -0.4 is 15.6 Å². The van der Waals surface area contributed by atoms with Gasteiger partial charge in [0.2, 0.25) is 11.8 Å². The molecule has 1 aliphatic heterocycles. The van der Waals surface area contributed by atoms with Crippen LogP contribution in [0.25, 0.3) is 10.8 Å². The fourth-order valence-electron chi connectivity index (χ4n) is 3.81. The highest BCUT2D eigenvalue weighted by molar-refractivity contribution is 5.87. The van der Waals surface area contributed by atoms with Crippen molar-refractivity contribution in [3.05, 3.63) is 42.5 Å². The monoisotopic (exact) mass is 409 g/mol. The van der Waals surface area contributed by atoms with Crippen LogP contribution in [0.3, 0.4) is 0 Å². The van der Waals surface area contributed by atoms with Gasteiger partial charge in [0.05, 0.1) is 5.92 Å². The number of nitrogens with one attached hydrogen (secondary N) is 2. The number of fused-ring (bicyclic) bond motifs is 1. The third kappa shape index (κ3) is 4.72. The van der Waals surface area contributed by atoms with Crippen molar-refractivity contribution in [2.24, 2.45) is 11.8 Å². The Balaban J connectivity index is 1.26. The standard InChI is InChI=1S/C23H27N3O4/c1-15(30-20-11-10-16-5-2-3-6-18(16)13-20)21(27)24-25-22(28)19-7-4-12-26(14-19)23(29)17-8-9-17/h2-3,5-6,10-11,13,15,17,19H,4,7-9,12,14H2,1H3,(H,24,27)(H,25,28). The summed E-state index contributed by atoms with van der Waals surface area (Å²) in [5, 5.41) is 2.12. The first-order valence-electron chi connectivity index (χ1n) is 10.6. The highest BCUT2D eigenvalue weighted by Crippen LogP contribution is 2.32. The van der Waals surface area contributed by atoms with Gasteiger partial charge in [0.1, 0.15) is 5.75 Å². The van der Waals surface area contributed by atoms with E-state index in [9.17, 15) is 14.4 Å². The van der Waals surface area contributed by atoms with Crippen molar-refractivity contribution in [3.63, 3.8) is 0 Å². The molecule has 2 aromatic carbocycles. The Labute approximate surface area is 175 Å². The summed E-state index contributed by atoms with van der Waals surface area (Å²) in [6.45, 7) is 2.76. The molecule has 4 rings (SSSR count). The van der Waals surface area contributed by atoms with Gasteiger partial charge >= 0.3 is 0 Å². The van der Waals surface area contributed by atoms with Gasteiger partial charge in [-0.3, -0.25) is 25.2 Å². The number of carbonyl (C=O) groups excluding carboxylic acids is 3. The summed E-state index contributed by atoms with van der Waals surface area (Å²) in [5.74, 6) is -0.107. The van der Waals surface area contributed by atoms with E-state index in [1.54, 1.807) is 11.8 Å². The SMILES string of the molecule is CC(Oc1ccc2ccccc2c1)C(=O)NNC(=O)C1CCCN(C(=O)C2CC2)C1. The number of piperidine rings is 1. The summed E-state index contributed by atoms with van der Waals surface area (Å²) in [6, 6.07) is 13.5. The van der Waals surface area contributed by atoms with Gasteiger partial charge in [-0.15, -0.1) is 0 Å². The molecule has 1 saturated carbocycles. The van der Waals surface area contributed by atoms with E-state index in [0.717, 1.165) is 30.0 Å². The number of ether oxygens (including phenoxy) is 1. The van der Waals surface area contributed by atoms with Gasteiger partial charge in [0, 0.05) is 19.0 Å². The number of rotatable bonds is 5. The number of amides is 3. The topological polar surface area (TPSA) is 87.7 Å². The molecule has 2 fully saturated rings. The molecular weight excluding hydrogens is 382 g/mol. The smallest absolute Gasteiger partial charge is 0.279 e. The lowest BCUT2D eigenvalue weighted by Gasteiger charge is -2.32. The van der Waals surface area contributed by atoms with Crippen LogP contribution >= 0.6 is 0 Å². The predicted molar refractivity (Wildman–Crippen MR) is 112 cm³/mol. The van der Waals surface area contributed by atoms with Crippen LogP contribution in [0, 0.1) is 11.8 Å². The number of likely N-dealkylation sites (tertiary alicyclic amines) is 1. The Kier molecular flexibility index (Phi) is 5.88. The second-order valence-electron chi connectivity index (χ2n) is 8.15. The van der Waals surface area contributed by atoms with Crippen molar-refractivity contribution in [3.8, 4) is 5.75 Å². The maximum absolute atomic E-state index is 12.5. The molecule has 2 N–H and O–H groups in total. The molecule has 2 unspecified atom stereocenters. The molecule has 158 valence electrons. The Bertz CT molecular complexity index is 956. The van der Waals surface area contributed by atoms with Crippen LogP contribution in [-0.4, -0.2) is 41.8 Å². The van der Waals surface area contributed by atoms with Crippen LogP contribution in [0.1, 0.15) is 32.6 Å². The quantitative estimate of drug-likeness (QED) is 0.743. The first kappa shape index (κ1) is 20.2. The van der Waals surface area contributed by atoms with Gasteiger partial charge in [-0.2, -0.15) is 0 Å². The molecule has 0 spiro atoms. The molecule has 0 aromatic heterocycles. The summed E-state index contributed by atoms with van der Waals surface area (Å²) in [6.07, 6.45) is 2.64. The van der Waals surface area contributed by atoms with E-state index >= 15 is 0 Å². The summed E-state index contributed by atoms with van der Waals surface area (Å²) in [5.41, 5.74) is 4.95. The molecule has 7 heteroatoms. The van der Waals surface area contributed by atoms with E-state index in [-0.39, 0.29) is 23.7 Å². The molecule has 2 aromatic rings. The van der Waals surface area contributed by atoms with Crippen LogP contribution in [0.5, 0.6) is 5.75 Å². The van der Waals surface area contributed by atoms with E-state index in [0.29, 0.717) is 25.3 Å². The maximum Gasteiger partial charge on any atom is 0.279 e. The molecule has 1 heterocycles. The molecule has 2 atom stereocenters. The van der Waals surface area contributed by atoms with Crippen molar-refractivity contribution in [2.45, 2.75) is 38.7 Å². The number of carbonyl (C=O) groups is 3. The summed E-state index contributed by atoms with van der Waals surface area (Å²) >= 11 is 0. The number of hydrogen-bond acceptors (Lipinski definition) is 4. The van der Waals surface area contributed by atoms with E-state index < -0.39 is 12.0 Å². The summed E-state index contributed by atoms with van der Waals surface area (Å²) < 4.78 is 5.73. The van der Waals surface area contributed by atoms with Gasteiger partial charge in [-0.1, -0.05) is 30.3 Å². The first-order valence-corrected chi connectivity index (χ1v) is 10.6. The first-order chi connectivity index (χ1) is 14.5. The van der Waals surface area contributed by atoms with Crippen LogP contribution in [0.15, 0.2) is 42.5 Å². The normalized spacial score (nSPS) is 19.8. The molecule has 3 amide bonds. The van der Waals surface area contributed by atoms with Gasteiger partial charge < -0.3 is 9.64 Å². The Morgan fingerprint density at radius 2 is 1.77 bits per heavy atom. The molecule has 1 saturated heterocycles. The van der Waals surface area contributed by atoms with Crippen LogP contribution in [0.2, 0.25) is 0 Å². The predicted octanol–water partition coefficient (Wildman–Crippen LogP) is 2.40.